The van der Waals surface area contributed by atoms with Crippen LogP contribution in [0.2, 0.25) is 0 Å². The van der Waals surface area contributed by atoms with E-state index in [1.54, 1.807) is 20.8 Å². The minimum absolute atomic E-state index is 0.0963. The zero-order chi connectivity index (χ0) is 16.1. The van der Waals surface area contributed by atoms with Crippen LogP contribution in [0.1, 0.15) is 40.0 Å². The molecule has 0 aromatic heterocycles. The third-order valence-electron chi connectivity index (χ3n) is 3.49. The third-order valence-corrected chi connectivity index (χ3v) is 5.31. The molecule has 0 bridgehead atoms. The minimum Gasteiger partial charge on any atom is -0.466 e. The van der Waals surface area contributed by atoms with Crippen molar-refractivity contribution in [3.63, 3.8) is 0 Å². The molecule has 0 aromatic carbocycles. The van der Waals surface area contributed by atoms with Gasteiger partial charge in [-0.1, -0.05) is 0 Å². The second-order valence-corrected chi connectivity index (χ2v) is 7.58. The number of aliphatic hydroxyl groups excluding tert-OH is 1. The van der Waals surface area contributed by atoms with Gasteiger partial charge < -0.3 is 9.84 Å². The van der Waals surface area contributed by atoms with E-state index in [-0.39, 0.29) is 19.1 Å². The molecule has 7 nitrogen and oxygen atoms in total. The van der Waals surface area contributed by atoms with Crippen LogP contribution in [-0.2, 0) is 19.7 Å². The Kier molecular flexibility index (Phi) is 6.58. The van der Waals surface area contributed by atoms with E-state index >= 15 is 0 Å². The van der Waals surface area contributed by atoms with Gasteiger partial charge in [-0.2, -0.15) is 17.4 Å². The van der Waals surface area contributed by atoms with Gasteiger partial charge in [0.05, 0.1) is 12.5 Å². The summed E-state index contributed by atoms with van der Waals surface area (Å²) in [5.74, 6) is -0.747. The van der Waals surface area contributed by atoms with E-state index < -0.39 is 21.7 Å². The molecule has 1 rings (SSSR count). The predicted molar refractivity (Wildman–Crippen MR) is 78.8 cm³/mol. The summed E-state index contributed by atoms with van der Waals surface area (Å²) in [6.45, 7) is 5.89. The molecule has 1 heterocycles. The Hall–Kier alpha value is -0.700. The summed E-state index contributed by atoms with van der Waals surface area (Å²) < 4.78 is 33.6. The molecular weight excluding hydrogens is 296 g/mol. The maximum Gasteiger partial charge on any atom is 0.310 e. The Morgan fingerprint density at radius 3 is 2.71 bits per heavy atom. The van der Waals surface area contributed by atoms with Crippen LogP contribution in [0, 0.1) is 5.92 Å². The molecule has 1 fully saturated rings. The number of carbonyl (C=O) groups excluding carboxylic acids is 1. The number of aliphatic hydroxyl groups is 1. The van der Waals surface area contributed by atoms with Gasteiger partial charge in [-0.15, -0.1) is 0 Å². The summed E-state index contributed by atoms with van der Waals surface area (Å²) in [6.07, 6.45) is 1.59. The van der Waals surface area contributed by atoms with Crippen LogP contribution in [0.25, 0.3) is 0 Å². The average molecular weight is 322 g/mol. The van der Waals surface area contributed by atoms with E-state index in [1.165, 1.54) is 4.31 Å². The number of hydrogen-bond donors (Lipinski definition) is 2. The summed E-state index contributed by atoms with van der Waals surface area (Å²) in [6, 6.07) is 0. The molecule has 0 aliphatic carbocycles. The normalized spacial score (nSPS) is 21.2. The topological polar surface area (TPSA) is 95.9 Å². The Morgan fingerprint density at radius 2 is 2.14 bits per heavy atom. The van der Waals surface area contributed by atoms with Crippen molar-refractivity contribution in [2.75, 3.05) is 26.3 Å². The second kappa shape index (κ2) is 7.53. The number of hydrogen-bond acceptors (Lipinski definition) is 5. The smallest absolute Gasteiger partial charge is 0.310 e. The second-order valence-electron chi connectivity index (χ2n) is 5.91. The molecule has 1 atom stereocenters. The Morgan fingerprint density at radius 1 is 1.48 bits per heavy atom. The first-order valence-electron chi connectivity index (χ1n) is 7.28. The average Bonchev–Trinajstić information content (AvgIpc) is 2.37. The fraction of sp³-hybridized carbons (Fsp3) is 0.923. The largest absolute Gasteiger partial charge is 0.466 e. The highest BCUT2D eigenvalue weighted by Crippen LogP contribution is 2.21. The first kappa shape index (κ1) is 18.3. The highest BCUT2D eigenvalue weighted by molar-refractivity contribution is 7.87. The molecule has 0 radical (unpaired) electrons. The number of nitrogens with one attached hydrogen (secondary N) is 1. The molecular formula is C13H26N2O5S. The first-order valence-corrected chi connectivity index (χ1v) is 8.72. The minimum atomic E-state index is -3.68. The van der Waals surface area contributed by atoms with Gasteiger partial charge >= 0.3 is 5.97 Å². The van der Waals surface area contributed by atoms with Crippen molar-refractivity contribution in [1.29, 1.82) is 0 Å². The van der Waals surface area contributed by atoms with Crippen molar-refractivity contribution in [1.82, 2.24) is 9.03 Å². The van der Waals surface area contributed by atoms with Crippen molar-refractivity contribution in [3.05, 3.63) is 0 Å². The standard InChI is InChI=1S/C13H26N2O5S/c1-4-20-12(17)11-6-5-8-15(10-11)21(18,19)14-13(2,3)7-9-16/h11,14,16H,4-10H2,1-3H3. The molecule has 0 aromatic rings. The lowest BCUT2D eigenvalue weighted by Gasteiger charge is -2.34. The maximum absolute atomic E-state index is 12.4. The zero-order valence-corrected chi connectivity index (χ0v) is 13.8. The van der Waals surface area contributed by atoms with Crippen LogP contribution in [0.5, 0.6) is 0 Å². The van der Waals surface area contributed by atoms with E-state index in [4.69, 9.17) is 9.84 Å². The molecule has 124 valence electrons. The molecule has 2 N–H and O–H groups in total. The van der Waals surface area contributed by atoms with Crippen LogP contribution < -0.4 is 4.72 Å². The van der Waals surface area contributed by atoms with E-state index in [2.05, 4.69) is 4.72 Å². The molecule has 21 heavy (non-hydrogen) atoms. The van der Waals surface area contributed by atoms with Crippen LogP contribution in [0.4, 0.5) is 0 Å². The summed E-state index contributed by atoms with van der Waals surface area (Å²) in [7, 11) is -3.68. The number of ether oxygens (including phenoxy) is 1. The van der Waals surface area contributed by atoms with Crippen molar-refractivity contribution in [2.24, 2.45) is 5.92 Å². The van der Waals surface area contributed by atoms with Gasteiger partial charge in [0.25, 0.3) is 10.2 Å². The summed E-state index contributed by atoms with van der Waals surface area (Å²) >= 11 is 0. The van der Waals surface area contributed by atoms with Crippen molar-refractivity contribution >= 4 is 16.2 Å². The van der Waals surface area contributed by atoms with E-state index in [1.807, 2.05) is 0 Å². The first-order chi connectivity index (χ1) is 9.72. The number of rotatable bonds is 7. The van der Waals surface area contributed by atoms with Crippen LogP contribution in [-0.4, -0.2) is 55.6 Å². The van der Waals surface area contributed by atoms with Crippen LogP contribution in [0.3, 0.4) is 0 Å². The van der Waals surface area contributed by atoms with Gasteiger partial charge in [-0.25, -0.2) is 0 Å². The van der Waals surface area contributed by atoms with E-state index in [0.29, 0.717) is 32.4 Å². The van der Waals surface area contributed by atoms with Crippen molar-refractivity contribution in [3.8, 4) is 0 Å². The maximum atomic E-state index is 12.4. The quantitative estimate of drug-likeness (QED) is 0.655. The van der Waals surface area contributed by atoms with Gasteiger partial charge in [0.2, 0.25) is 0 Å². The zero-order valence-electron chi connectivity index (χ0n) is 13.0. The molecule has 1 unspecified atom stereocenters. The van der Waals surface area contributed by atoms with Gasteiger partial charge in [0.1, 0.15) is 0 Å². The summed E-state index contributed by atoms with van der Waals surface area (Å²) in [5, 5.41) is 8.97. The molecule has 1 aliphatic rings. The molecule has 0 spiro atoms. The van der Waals surface area contributed by atoms with Crippen molar-refractivity contribution < 1.29 is 23.1 Å². The van der Waals surface area contributed by atoms with Gasteiger partial charge in [0, 0.05) is 25.2 Å². The lowest BCUT2D eigenvalue weighted by molar-refractivity contribution is -0.149. The third kappa shape index (κ3) is 5.54. The number of piperidine rings is 1. The molecule has 0 amide bonds. The van der Waals surface area contributed by atoms with Crippen molar-refractivity contribution in [2.45, 2.75) is 45.6 Å². The van der Waals surface area contributed by atoms with Gasteiger partial charge in [0.15, 0.2) is 0 Å². The molecule has 1 aliphatic heterocycles. The monoisotopic (exact) mass is 322 g/mol. The summed E-state index contributed by atoms with van der Waals surface area (Å²) in [5.41, 5.74) is -0.732. The Bertz CT molecular complexity index is 449. The van der Waals surface area contributed by atoms with Crippen LogP contribution >= 0.6 is 0 Å². The van der Waals surface area contributed by atoms with E-state index in [0.717, 1.165) is 0 Å². The van der Waals surface area contributed by atoms with E-state index in [9.17, 15) is 13.2 Å². The number of esters is 1. The lowest BCUT2D eigenvalue weighted by Crippen LogP contribution is -2.53. The summed E-state index contributed by atoms with van der Waals surface area (Å²) in [4.78, 5) is 11.8. The molecule has 0 saturated carbocycles. The fourth-order valence-corrected chi connectivity index (χ4v) is 4.03. The number of nitrogens with zero attached hydrogens (tertiary/aromatic N) is 1. The SMILES string of the molecule is CCOC(=O)C1CCCN(S(=O)(=O)NC(C)(C)CCO)C1. The van der Waals surface area contributed by atoms with Crippen LogP contribution in [0.15, 0.2) is 0 Å². The Labute approximate surface area is 126 Å². The number of carbonyl (C=O) groups is 1. The van der Waals surface area contributed by atoms with Gasteiger partial charge in [-0.3, -0.25) is 4.79 Å². The molecule has 1 saturated heterocycles. The fourth-order valence-electron chi connectivity index (χ4n) is 2.36. The van der Waals surface area contributed by atoms with Gasteiger partial charge in [-0.05, 0) is 40.0 Å². The lowest BCUT2D eigenvalue weighted by atomic mass is 10.0. The molecule has 8 heteroatoms. The highest BCUT2D eigenvalue weighted by atomic mass is 32.2. The Balaban J connectivity index is 2.72. The highest BCUT2D eigenvalue weighted by Gasteiger charge is 2.35. The predicted octanol–water partition coefficient (Wildman–Crippen LogP) is 0.257.